The van der Waals surface area contributed by atoms with Crippen LogP contribution in [0.5, 0.6) is 0 Å². The zero-order valence-corrected chi connectivity index (χ0v) is 11.5. The predicted octanol–water partition coefficient (Wildman–Crippen LogP) is 2.82. The number of hydrogen-bond acceptors (Lipinski definition) is 2. The molecule has 94 valence electrons. The highest BCUT2D eigenvalue weighted by molar-refractivity contribution is 5.16. The van der Waals surface area contributed by atoms with Crippen molar-refractivity contribution in [1.29, 1.82) is 0 Å². The van der Waals surface area contributed by atoms with Gasteiger partial charge in [-0.3, -0.25) is 4.98 Å². The second-order valence-electron chi connectivity index (χ2n) is 5.91. The Bertz CT molecular complexity index is 367. The zero-order chi connectivity index (χ0) is 12.5. The number of likely N-dealkylation sites (N-methyl/N-ethyl adjacent to an activating group) is 1. The van der Waals surface area contributed by atoms with Gasteiger partial charge in [-0.25, -0.2) is 0 Å². The molecule has 1 aliphatic rings. The quantitative estimate of drug-likeness (QED) is 0.844. The van der Waals surface area contributed by atoms with Gasteiger partial charge in [0.2, 0.25) is 0 Å². The van der Waals surface area contributed by atoms with Gasteiger partial charge in [-0.15, -0.1) is 0 Å². The molecule has 0 amide bonds. The average molecular weight is 232 g/mol. The molecule has 2 nitrogen and oxygen atoms in total. The highest BCUT2D eigenvalue weighted by atomic mass is 14.9. The van der Waals surface area contributed by atoms with Crippen LogP contribution in [0.15, 0.2) is 18.3 Å². The largest absolute Gasteiger partial charge is 0.316 e. The minimum atomic E-state index is 0.525. The molecule has 0 aromatic carbocycles. The molecule has 2 unspecified atom stereocenters. The van der Waals surface area contributed by atoms with Gasteiger partial charge in [0.05, 0.1) is 0 Å². The fourth-order valence-electron chi connectivity index (χ4n) is 2.65. The van der Waals surface area contributed by atoms with Gasteiger partial charge in [0.1, 0.15) is 0 Å². The van der Waals surface area contributed by atoms with E-state index in [4.69, 9.17) is 0 Å². The van der Waals surface area contributed by atoms with E-state index in [0.717, 1.165) is 18.8 Å². The summed E-state index contributed by atoms with van der Waals surface area (Å²) in [5.41, 5.74) is 3.06. The van der Waals surface area contributed by atoms with Crippen LogP contribution >= 0.6 is 0 Å². The molecule has 1 aromatic rings. The lowest BCUT2D eigenvalue weighted by atomic mass is 9.99. The first-order valence-electron chi connectivity index (χ1n) is 6.68. The van der Waals surface area contributed by atoms with Gasteiger partial charge in [0, 0.05) is 24.4 Å². The Hall–Kier alpha value is -0.890. The third-order valence-corrected chi connectivity index (χ3v) is 4.17. The maximum atomic E-state index is 4.56. The van der Waals surface area contributed by atoms with Crippen molar-refractivity contribution in [3.63, 3.8) is 0 Å². The third-order valence-electron chi connectivity index (χ3n) is 4.17. The summed E-state index contributed by atoms with van der Waals surface area (Å²) in [6.07, 6.45) is 5.47. The van der Waals surface area contributed by atoms with Crippen molar-refractivity contribution in [2.75, 3.05) is 7.05 Å². The molecule has 0 saturated heterocycles. The molecule has 2 rings (SSSR count). The van der Waals surface area contributed by atoms with Crippen molar-refractivity contribution < 1.29 is 0 Å². The summed E-state index contributed by atoms with van der Waals surface area (Å²) >= 11 is 0. The number of nitrogens with zero attached hydrogens (tertiary/aromatic N) is 1. The molecule has 0 aliphatic heterocycles. The summed E-state index contributed by atoms with van der Waals surface area (Å²) in [5.74, 6) is 0.806. The summed E-state index contributed by atoms with van der Waals surface area (Å²) in [7, 11) is 2.07. The third kappa shape index (κ3) is 2.86. The first-order chi connectivity index (χ1) is 8.06. The second-order valence-corrected chi connectivity index (χ2v) is 5.91. The van der Waals surface area contributed by atoms with Crippen LogP contribution in [-0.4, -0.2) is 18.1 Å². The molecule has 2 heteroatoms. The van der Waals surface area contributed by atoms with E-state index in [1.54, 1.807) is 0 Å². The van der Waals surface area contributed by atoms with E-state index in [1.807, 2.05) is 6.20 Å². The summed E-state index contributed by atoms with van der Waals surface area (Å²) in [6.45, 7) is 6.88. The molecule has 0 radical (unpaired) electrons. The molecule has 0 spiro atoms. The Morgan fingerprint density at radius 1 is 1.47 bits per heavy atom. The number of nitrogens with one attached hydrogen (secondary N) is 1. The van der Waals surface area contributed by atoms with Crippen LogP contribution in [0.4, 0.5) is 0 Å². The van der Waals surface area contributed by atoms with E-state index in [9.17, 15) is 0 Å². The van der Waals surface area contributed by atoms with Gasteiger partial charge in [-0.05, 0) is 42.9 Å². The molecule has 2 atom stereocenters. The van der Waals surface area contributed by atoms with Crippen molar-refractivity contribution in [1.82, 2.24) is 10.3 Å². The Morgan fingerprint density at radius 3 is 2.59 bits per heavy atom. The number of hydrogen-bond donors (Lipinski definition) is 1. The van der Waals surface area contributed by atoms with Crippen LogP contribution in [0, 0.1) is 11.3 Å². The fourth-order valence-corrected chi connectivity index (χ4v) is 2.65. The van der Waals surface area contributed by atoms with E-state index >= 15 is 0 Å². The smallest absolute Gasteiger partial charge is 0.0419 e. The lowest BCUT2D eigenvalue weighted by Gasteiger charge is -2.17. The van der Waals surface area contributed by atoms with E-state index in [-0.39, 0.29) is 0 Å². The van der Waals surface area contributed by atoms with Gasteiger partial charge in [-0.2, -0.15) is 0 Å². The fraction of sp³-hybridized carbons (Fsp3) is 0.667. The summed E-state index contributed by atoms with van der Waals surface area (Å²) in [5, 5.41) is 3.46. The minimum Gasteiger partial charge on any atom is -0.316 e. The van der Waals surface area contributed by atoms with E-state index < -0.39 is 0 Å². The predicted molar refractivity (Wildman–Crippen MR) is 72.1 cm³/mol. The zero-order valence-electron chi connectivity index (χ0n) is 11.5. The second kappa shape index (κ2) is 4.77. The molecule has 1 aromatic heterocycles. The van der Waals surface area contributed by atoms with Crippen molar-refractivity contribution >= 4 is 0 Å². The number of aromatic nitrogens is 1. The van der Waals surface area contributed by atoms with Gasteiger partial charge in [0.15, 0.2) is 0 Å². The van der Waals surface area contributed by atoms with Crippen molar-refractivity contribution in [2.45, 2.75) is 46.1 Å². The SMILES string of the molecule is CCc1ccc(CC(NC)C2CC2(C)C)nc1. The Balaban J connectivity index is 1.98. The number of rotatable bonds is 5. The molecule has 1 N–H and O–H groups in total. The topological polar surface area (TPSA) is 24.9 Å². The lowest BCUT2D eigenvalue weighted by molar-refractivity contribution is 0.423. The first kappa shape index (κ1) is 12.6. The summed E-state index contributed by atoms with van der Waals surface area (Å²) < 4.78 is 0. The van der Waals surface area contributed by atoms with Crippen molar-refractivity contribution in [3.8, 4) is 0 Å². The molecule has 0 bridgehead atoms. The standard InChI is InChI=1S/C15H24N2/c1-5-11-6-7-12(17-10-11)8-14(16-4)13-9-15(13,2)3/h6-7,10,13-14,16H,5,8-9H2,1-4H3. The van der Waals surface area contributed by atoms with Gasteiger partial charge >= 0.3 is 0 Å². The monoisotopic (exact) mass is 232 g/mol. The van der Waals surface area contributed by atoms with Crippen LogP contribution in [0.1, 0.15) is 38.4 Å². The Kier molecular flexibility index (Phi) is 3.53. The van der Waals surface area contributed by atoms with Crippen LogP contribution < -0.4 is 5.32 Å². The molecule has 1 saturated carbocycles. The normalized spacial score (nSPS) is 23.4. The van der Waals surface area contributed by atoms with Crippen LogP contribution in [0.3, 0.4) is 0 Å². The lowest BCUT2D eigenvalue weighted by Crippen LogP contribution is -2.31. The molecule has 1 fully saturated rings. The molecule has 17 heavy (non-hydrogen) atoms. The van der Waals surface area contributed by atoms with E-state index in [1.165, 1.54) is 17.7 Å². The maximum Gasteiger partial charge on any atom is 0.0419 e. The summed E-state index contributed by atoms with van der Waals surface area (Å²) in [6, 6.07) is 4.95. The highest BCUT2D eigenvalue weighted by Gasteiger charge is 2.49. The minimum absolute atomic E-state index is 0.525. The van der Waals surface area contributed by atoms with Gasteiger partial charge in [-0.1, -0.05) is 26.8 Å². The van der Waals surface area contributed by atoms with Gasteiger partial charge in [0.25, 0.3) is 0 Å². The Morgan fingerprint density at radius 2 is 2.18 bits per heavy atom. The molecular formula is C15H24N2. The van der Waals surface area contributed by atoms with Crippen molar-refractivity contribution in [2.24, 2.45) is 11.3 Å². The summed E-state index contributed by atoms with van der Waals surface area (Å²) in [4.78, 5) is 4.56. The molecular weight excluding hydrogens is 208 g/mol. The van der Waals surface area contributed by atoms with Crippen LogP contribution in [0.2, 0.25) is 0 Å². The molecule has 1 aliphatic carbocycles. The Labute approximate surface area is 105 Å². The highest BCUT2D eigenvalue weighted by Crippen LogP contribution is 2.53. The van der Waals surface area contributed by atoms with E-state index in [2.05, 4.69) is 50.3 Å². The number of aryl methyl sites for hydroxylation is 1. The number of pyridine rings is 1. The van der Waals surface area contributed by atoms with Crippen molar-refractivity contribution in [3.05, 3.63) is 29.6 Å². The maximum absolute atomic E-state index is 4.56. The van der Waals surface area contributed by atoms with Crippen LogP contribution in [0.25, 0.3) is 0 Å². The molecule has 1 heterocycles. The average Bonchev–Trinajstić information content (AvgIpc) is 2.96. The van der Waals surface area contributed by atoms with Crippen LogP contribution in [-0.2, 0) is 12.8 Å². The first-order valence-corrected chi connectivity index (χ1v) is 6.68. The van der Waals surface area contributed by atoms with Gasteiger partial charge < -0.3 is 5.32 Å². The van der Waals surface area contributed by atoms with E-state index in [0.29, 0.717) is 11.5 Å².